The summed E-state index contributed by atoms with van der Waals surface area (Å²) in [5, 5.41) is -0.161. The Bertz CT molecular complexity index is 1060. The van der Waals surface area contributed by atoms with Gasteiger partial charge in [-0.15, -0.1) is 0 Å². The number of hydrogen-bond donors (Lipinski definition) is 1. The van der Waals surface area contributed by atoms with E-state index in [-0.39, 0.29) is 21.4 Å². The lowest BCUT2D eigenvalue weighted by Gasteiger charge is -2.12. The average molecular weight is 518 g/mol. The maximum Gasteiger partial charge on any atom is 0.339 e. The summed E-state index contributed by atoms with van der Waals surface area (Å²) in [7, 11) is 4.19. The first kappa shape index (κ1) is 27.7. The lowest BCUT2D eigenvalue weighted by Crippen LogP contribution is -2.16. The Morgan fingerprint density at radius 3 is 2.00 bits per heavy atom. The quantitative estimate of drug-likeness (QED) is 0.208. The largest absolute Gasteiger partial charge is 0.465 e. The summed E-state index contributed by atoms with van der Waals surface area (Å²) in [6.45, 7) is 0. The van der Waals surface area contributed by atoms with Crippen LogP contribution >= 0.6 is 35.6 Å². The van der Waals surface area contributed by atoms with Gasteiger partial charge in [0.15, 0.2) is 4.45 Å². The molecule has 1 N–H and O–H groups in total. The molecule has 0 atom stereocenters. The first-order chi connectivity index (χ1) is 14.9. The van der Waals surface area contributed by atoms with Crippen molar-refractivity contribution in [2.45, 2.75) is 9.79 Å². The molecule has 0 fully saturated rings. The molecule has 0 aliphatic rings. The molecular formula is C20H24ClN3O5S3. The Morgan fingerprint density at radius 1 is 1.00 bits per heavy atom. The highest BCUT2D eigenvalue weighted by atomic mass is 35.5. The number of halogens is 1. The molecule has 0 bridgehead atoms. The van der Waals surface area contributed by atoms with Crippen molar-refractivity contribution in [2.24, 2.45) is 0 Å². The lowest BCUT2D eigenvalue weighted by molar-refractivity contribution is 0.0602. The van der Waals surface area contributed by atoms with E-state index < -0.39 is 16.0 Å². The molecule has 2 aromatic carbocycles. The molecular weight excluding hydrogens is 494 g/mol. The summed E-state index contributed by atoms with van der Waals surface area (Å²) in [6.07, 6.45) is 0. The van der Waals surface area contributed by atoms with Gasteiger partial charge in [0, 0.05) is 33.1 Å². The smallest absolute Gasteiger partial charge is 0.339 e. The maximum atomic E-state index is 12.6. The maximum absolute atomic E-state index is 12.6. The van der Waals surface area contributed by atoms with Crippen molar-refractivity contribution < 1.29 is 22.7 Å². The van der Waals surface area contributed by atoms with Crippen molar-refractivity contribution in [3.05, 3.63) is 54.1 Å². The Kier molecular flexibility index (Phi) is 10.9. The lowest BCUT2D eigenvalue weighted by atomic mass is 10.2. The molecule has 0 unspecified atom stereocenters. The van der Waals surface area contributed by atoms with E-state index in [1.807, 2.05) is 0 Å². The molecule has 32 heavy (non-hydrogen) atoms. The van der Waals surface area contributed by atoms with Crippen molar-refractivity contribution in [3.8, 4) is 0 Å². The fourth-order valence-electron chi connectivity index (χ4n) is 1.94. The number of amides is 1. The van der Waals surface area contributed by atoms with E-state index in [0.717, 1.165) is 11.8 Å². The van der Waals surface area contributed by atoms with E-state index in [1.54, 1.807) is 57.4 Å². The number of sulfonamides is 1. The number of hydrogen-bond acceptors (Lipinski definition) is 7. The molecule has 12 heteroatoms. The minimum Gasteiger partial charge on any atom is -0.465 e. The van der Waals surface area contributed by atoms with Gasteiger partial charge in [-0.2, -0.15) is 0 Å². The molecule has 2 rings (SSSR count). The van der Waals surface area contributed by atoms with Gasteiger partial charge in [0.2, 0.25) is 0 Å². The van der Waals surface area contributed by atoms with E-state index in [2.05, 4.69) is 21.7 Å². The number of esters is 1. The second-order valence-electron chi connectivity index (χ2n) is 6.52. The third-order valence-corrected chi connectivity index (χ3v) is 6.76. The summed E-state index contributed by atoms with van der Waals surface area (Å²) in [5.41, 5.74) is 0.239. The highest BCUT2D eigenvalue weighted by molar-refractivity contribution is 8.13. The van der Waals surface area contributed by atoms with E-state index in [0.29, 0.717) is 9.34 Å². The van der Waals surface area contributed by atoms with Crippen LogP contribution in [0.2, 0.25) is 0 Å². The number of nitrogens with one attached hydrogen (secondary N) is 1. The van der Waals surface area contributed by atoms with Crippen LogP contribution < -0.4 is 4.72 Å². The predicted octanol–water partition coefficient (Wildman–Crippen LogP) is 4.12. The number of methoxy groups -OCH3 is 1. The van der Waals surface area contributed by atoms with Gasteiger partial charge in [-0.05, 0) is 60.4 Å². The topological polar surface area (TPSA) is 96.0 Å². The zero-order valence-corrected chi connectivity index (χ0v) is 21.4. The average Bonchev–Trinajstić information content (AvgIpc) is 2.74. The van der Waals surface area contributed by atoms with Crippen LogP contribution in [-0.4, -0.2) is 69.2 Å². The fourth-order valence-corrected chi connectivity index (χ4v) is 3.68. The number of anilines is 1. The van der Waals surface area contributed by atoms with Crippen molar-refractivity contribution in [1.82, 2.24) is 9.80 Å². The van der Waals surface area contributed by atoms with Crippen molar-refractivity contribution in [3.63, 3.8) is 0 Å². The Hall–Kier alpha value is -2.34. The van der Waals surface area contributed by atoms with Gasteiger partial charge in [0.05, 0.1) is 23.3 Å². The molecule has 0 aromatic heterocycles. The molecule has 2 aromatic rings. The van der Waals surface area contributed by atoms with Crippen LogP contribution in [-0.2, 0) is 14.8 Å². The van der Waals surface area contributed by atoms with Crippen LogP contribution in [0.25, 0.3) is 0 Å². The second kappa shape index (κ2) is 12.6. The zero-order valence-electron chi connectivity index (χ0n) is 18.2. The van der Waals surface area contributed by atoms with Gasteiger partial charge in [-0.25, -0.2) is 13.2 Å². The monoisotopic (exact) mass is 517 g/mol. The predicted molar refractivity (Wildman–Crippen MR) is 132 cm³/mol. The highest BCUT2D eigenvalue weighted by Crippen LogP contribution is 2.24. The van der Waals surface area contributed by atoms with Gasteiger partial charge in [-0.1, -0.05) is 23.7 Å². The third-order valence-electron chi connectivity index (χ3n) is 3.63. The summed E-state index contributed by atoms with van der Waals surface area (Å²) in [6, 6.07) is 12.1. The van der Waals surface area contributed by atoms with Gasteiger partial charge < -0.3 is 14.5 Å². The minimum atomic E-state index is -3.90. The van der Waals surface area contributed by atoms with E-state index >= 15 is 0 Å². The summed E-state index contributed by atoms with van der Waals surface area (Å²) in [4.78, 5) is 27.2. The van der Waals surface area contributed by atoms with Gasteiger partial charge in [-0.3, -0.25) is 9.52 Å². The van der Waals surface area contributed by atoms with Gasteiger partial charge >= 0.3 is 5.97 Å². The normalized spacial score (nSPS) is 10.3. The standard InChI is InChI=1S/C17H18N2O5S2.C3H6ClNS/c1-19(2)17(21)25-12-8-10-13(11-9-12)26(22,23)18-15-7-5-4-6-14(15)16(20)24-3;1-5(2)3(4)6/h4-11,18H,1-3H3;1-2H3. The molecule has 0 saturated heterocycles. The summed E-state index contributed by atoms with van der Waals surface area (Å²) in [5.74, 6) is -0.641. The summed E-state index contributed by atoms with van der Waals surface area (Å²) >= 11 is 10.8. The van der Waals surface area contributed by atoms with Crippen LogP contribution in [0.5, 0.6) is 0 Å². The first-order valence-corrected chi connectivity index (χ1v) is 12.0. The van der Waals surface area contributed by atoms with Crippen molar-refractivity contribution in [1.29, 1.82) is 0 Å². The molecule has 0 aliphatic heterocycles. The minimum absolute atomic E-state index is 0.0128. The zero-order chi connectivity index (χ0) is 24.5. The van der Waals surface area contributed by atoms with Gasteiger partial charge in [0.25, 0.3) is 15.3 Å². The molecule has 0 saturated carbocycles. The molecule has 0 heterocycles. The number of carbonyl (C=O) groups is 2. The van der Waals surface area contributed by atoms with Crippen LogP contribution in [0.1, 0.15) is 10.4 Å². The number of para-hydroxylation sites is 1. The summed E-state index contributed by atoms with van der Waals surface area (Å²) < 4.78 is 32.6. The fraction of sp³-hybridized carbons (Fsp3) is 0.250. The van der Waals surface area contributed by atoms with Crippen LogP contribution in [0, 0.1) is 0 Å². The molecule has 1 amide bonds. The van der Waals surface area contributed by atoms with E-state index in [9.17, 15) is 18.0 Å². The third kappa shape index (κ3) is 8.65. The molecule has 174 valence electrons. The SMILES string of the molecule is CN(C)C(=S)Cl.COC(=O)c1ccccc1NS(=O)(=O)c1ccc(SC(=O)N(C)C)cc1. The van der Waals surface area contributed by atoms with Crippen LogP contribution in [0.15, 0.2) is 58.3 Å². The number of ether oxygens (including phenoxy) is 1. The van der Waals surface area contributed by atoms with Crippen LogP contribution in [0.4, 0.5) is 10.5 Å². The van der Waals surface area contributed by atoms with E-state index in [1.165, 1.54) is 36.3 Å². The number of thiocarbonyl (C=S) groups is 1. The molecule has 8 nitrogen and oxygen atoms in total. The number of benzene rings is 2. The Morgan fingerprint density at radius 2 is 1.53 bits per heavy atom. The van der Waals surface area contributed by atoms with Gasteiger partial charge in [0.1, 0.15) is 0 Å². The van der Waals surface area contributed by atoms with Crippen molar-refractivity contribution >= 4 is 66.9 Å². The molecule has 0 radical (unpaired) electrons. The van der Waals surface area contributed by atoms with Crippen LogP contribution in [0.3, 0.4) is 0 Å². The molecule has 0 aliphatic carbocycles. The van der Waals surface area contributed by atoms with E-state index in [4.69, 9.17) is 11.6 Å². The number of rotatable bonds is 5. The number of nitrogens with zero attached hydrogens (tertiary/aromatic N) is 2. The Balaban J connectivity index is 0.000000751. The van der Waals surface area contributed by atoms with Crippen molar-refractivity contribution in [2.75, 3.05) is 40.0 Å². The molecule has 0 spiro atoms. The first-order valence-electron chi connectivity index (χ1n) is 8.95. The highest BCUT2D eigenvalue weighted by Gasteiger charge is 2.19. The number of carbonyl (C=O) groups excluding carboxylic acids is 2. The second-order valence-corrected chi connectivity index (χ2v) is 10.2. The number of thioether (sulfide) groups is 1. The Labute approximate surface area is 202 Å².